The minimum atomic E-state index is -1.28. The molecule has 0 fully saturated rings. The number of carboxylic acid groups (broad SMARTS) is 1. The van der Waals surface area contributed by atoms with Crippen LogP contribution in [0.2, 0.25) is 0 Å². The van der Waals surface area contributed by atoms with Crippen molar-refractivity contribution in [1.82, 2.24) is 0 Å². The summed E-state index contributed by atoms with van der Waals surface area (Å²) < 4.78 is 10.5. The summed E-state index contributed by atoms with van der Waals surface area (Å²) in [7, 11) is 0. The summed E-state index contributed by atoms with van der Waals surface area (Å²) in [6.07, 6.45) is 12.9. The minimum absolute atomic E-state index is 0.0495. The van der Waals surface area contributed by atoms with E-state index >= 15 is 0 Å². The molecule has 0 aromatic heterocycles. The third kappa shape index (κ3) is 11.0. The number of rotatable bonds is 17. The molecule has 0 saturated heterocycles. The van der Waals surface area contributed by atoms with Crippen LogP contribution in [0.15, 0.2) is 18.2 Å². The lowest BCUT2D eigenvalue weighted by molar-refractivity contribution is 0.0477. The molecule has 0 atom stereocenters. The smallest absolute Gasteiger partial charge is 0.339 e. The van der Waals surface area contributed by atoms with Crippen molar-refractivity contribution in [2.24, 2.45) is 0 Å². The number of hydrogen-bond donors (Lipinski definition) is 1. The predicted molar refractivity (Wildman–Crippen MR) is 121 cm³/mol. The van der Waals surface area contributed by atoms with Gasteiger partial charge in [-0.3, -0.25) is 0 Å². The molecule has 0 saturated carbocycles. The third-order valence-electron chi connectivity index (χ3n) is 5.17. The predicted octanol–water partition coefficient (Wildman–Crippen LogP) is 6.42. The van der Waals surface area contributed by atoms with Crippen LogP contribution in [0.1, 0.15) is 122 Å². The molecular formula is C25H38O6. The molecule has 0 bridgehead atoms. The molecule has 0 aliphatic rings. The van der Waals surface area contributed by atoms with E-state index in [4.69, 9.17) is 9.47 Å². The Bertz CT molecular complexity index is 683. The molecule has 0 aliphatic carbocycles. The molecule has 6 nitrogen and oxygen atoms in total. The molecule has 0 unspecified atom stereocenters. The molecular weight excluding hydrogens is 396 g/mol. The van der Waals surface area contributed by atoms with Crippen LogP contribution in [0.25, 0.3) is 0 Å². The summed E-state index contributed by atoms with van der Waals surface area (Å²) >= 11 is 0. The second kappa shape index (κ2) is 16.3. The van der Waals surface area contributed by atoms with Crippen LogP contribution in [-0.2, 0) is 9.47 Å². The van der Waals surface area contributed by atoms with E-state index in [0.29, 0.717) is 6.61 Å². The third-order valence-corrected chi connectivity index (χ3v) is 5.17. The fraction of sp³-hybridized carbons (Fsp3) is 0.640. The highest BCUT2D eigenvalue weighted by molar-refractivity contribution is 6.04. The second-order valence-electron chi connectivity index (χ2n) is 7.87. The van der Waals surface area contributed by atoms with Crippen molar-refractivity contribution in [3.05, 3.63) is 34.9 Å². The van der Waals surface area contributed by atoms with Crippen molar-refractivity contribution in [2.45, 2.75) is 90.9 Å². The summed E-state index contributed by atoms with van der Waals surface area (Å²) in [5.74, 6) is -2.54. The summed E-state index contributed by atoms with van der Waals surface area (Å²) in [5.41, 5.74) is -0.178. The van der Waals surface area contributed by atoms with E-state index in [2.05, 4.69) is 13.8 Å². The van der Waals surface area contributed by atoms with Gasteiger partial charge in [-0.1, -0.05) is 78.1 Å². The molecule has 1 N–H and O–H groups in total. The van der Waals surface area contributed by atoms with Crippen molar-refractivity contribution in [2.75, 3.05) is 13.2 Å². The lowest BCUT2D eigenvalue weighted by Crippen LogP contribution is -2.15. The van der Waals surface area contributed by atoms with Gasteiger partial charge in [0, 0.05) is 0 Å². The molecule has 0 amide bonds. The number of aromatic carboxylic acids is 1. The number of ether oxygens (including phenoxy) is 2. The van der Waals surface area contributed by atoms with E-state index in [1.165, 1.54) is 43.9 Å². The first-order valence-corrected chi connectivity index (χ1v) is 11.7. The molecule has 174 valence electrons. The lowest BCUT2D eigenvalue weighted by Gasteiger charge is -2.10. The Labute approximate surface area is 186 Å². The number of unbranched alkanes of at least 4 members (excludes halogenated alkanes) is 10. The van der Waals surface area contributed by atoms with Crippen molar-refractivity contribution < 1.29 is 29.0 Å². The highest BCUT2D eigenvalue weighted by Crippen LogP contribution is 2.16. The van der Waals surface area contributed by atoms with Crippen molar-refractivity contribution in [3.8, 4) is 0 Å². The molecule has 1 aromatic rings. The fourth-order valence-electron chi connectivity index (χ4n) is 3.28. The first kappa shape index (κ1) is 26.7. The van der Waals surface area contributed by atoms with Gasteiger partial charge in [-0.2, -0.15) is 0 Å². The molecule has 1 rings (SSSR count). The maximum atomic E-state index is 12.3. The maximum absolute atomic E-state index is 12.3. The number of carbonyl (C=O) groups excluding carboxylic acids is 2. The zero-order valence-corrected chi connectivity index (χ0v) is 19.1. The average molecular weight is 435 g/mol. The molecule has 1 aromatic carbocycles. The Balaban J connectivity index is 2.51. The topological polar surface area (TPSA) is 89.9 Å². The standard InChI is InChI=1S/C25H38O6/c1-3-5-7-9-10-12-14-18-31-25(29)21-16-15-20(19-22(21)23(26)27)24(28)30-17-13-11-8-6-4-2/h15-16,19H,3-14,17-18H2,1-2H3,(H,26,27). The zero-order valence-electron chi connectivity index (χ0n) is 19.1. The van der Waals surface area contributed by atoms with Crippen molar-refractivity contribution in [1.29, 1.82) is 0 Å². The summed E-state index contributed by atoms with van der Waals surface area (Å²) in [4.78, 5) is 36.1. The first-order chi connectivity index (χ1) is 15.0. The van der Waals surface area contributed by atoms with Gasteiger partial charge in [-0.05, 0) is 31.0 Å². The second-order valence-corrected chi connectivity index (χ2v) is 7.87. The van der Waals surface area contributed by atoms with Gasteiger partial charge in [0.25, 0.3) is 0 Å². The quantitative estimate of drug-likeness (QED) is 0.225. The Morgan fingerprint density at radius 2 is 1.16 bits per heavy atom. The fourth-order valence-corrected chi connectivity index (χ4v) is 3.28. The van der Waals surface area contributed by atoms with Gasteiger partial charge in [0.1, 0.15) is 0 Å². The van der Waals surface area contributed by atoms with E-state index in [9.17, 15) is 19.5 Å². The van der Waals surface area contributed by atoms with Crippen LogP contribution >= 0.6 is 0 Å². The summed E-state index contributed by atoms with van der Waals surface area (Å²) in [6, 6.07) is 3.93. The van der Waals surface area contributed by atoms with Gasteiger partial charge in [-0.25, -0.2) is 14.4 Å². The monoisotopic (exact) mass is 434 g/mol. The van der Waals surface area contributed by atoms with Crippen LogP contribution in [0.3, 0.4) is 0 Å². The van der Waals surface area contributed by atoms with Crippen molar-refractivity contribution in [3.63, 3.8) is 0 Å². The van der Waals surface area contributed by atoms with Gasteiger partial charge >= 0.3 is 17.9 Å². The molecule has 0 heterocycles. The molecule has 0 radical (unpaired) electrons. The van der Waals surface area contributed by atoms with E-state index in [0.717, 1.165) is 51.4 Å². The Morgan fingerprint density at radius 1 is 0.677 bits per heavy atom. The molecule has 0 spiro atoms. The van der Waals surface area contributed by atoms with E-state index in [1.54, 1.807) is 0 Å². The van der Waals surface area contributed by atoms with Crippen LogP contribution < -0.4 is 0 Å². The number of carboxylic acids is 1. The highest BCUT2D eigenvalue weighted by atomic mass is 16.5. The Kier molecular flexibility index (Phi) is 14.1. The van der Waals surface area contributed by atoms with E-state index < -0.39 is 17.9 Å². The van der Waals surface area contributed by atoms with Crippen LogP contribution in [0.5, 0.6) is 0 Å². The van der Waals surface area contributed by atoms with Crippen LogP contribution in [0, 0.1) is 0 Å². The summed E-state index contributed by atoms with van der Waals surface area (Å²) in [5, 5.41) is 9.47. The van der Waals surface area contributed by atoms with Gasteiger partial charge in [-0.15, -0.1) is 0 Å². The van der Waals surface area contributed by atoms with Gasteiger partial charge in [0.15, 0.2) is 0 Å². The molecule has 0 aliphatic heterocycles. The number of benzene rings is 1. The lowest BCUT2D eigenvalue weighted by atomic mass is 10.0. The Hall–Kier alpha value is -2.37. The molecule has 6 heteroatoms. The highest BCUT2D eigenvalue weighted by Gasteiger charge is 2.20. The normalized spacial score (nSPS) is 10.6. The minimum Gasteiger partial charge on any atom is -0.478 e. The number of carbonyl (C=O) groups is 3. The van der Waals surface area contributed by atoms with E-state index in [1.807, 2.05) is 0 Å². The average Bonchev–Trinajstić information content (AvgIpc) is 2.77. The Morgan fingerprint density at radius 3 is 1.68 bits per heavy atom. The SMILES string of the molecule is CCCCCCCCCOC(=O)c1ccc(C(=O)OCCCCCCC)cc1C(=O)O. The first-order valence-electron chi connectivity index (χ1n) is 11.7. The maximum Gasteiger partial charge on any atom is 0.339 e. The number of hydrogen-bond acceptors (Lipinski definition) is 5. The van der Waals surface area contributed by atoms with Crippen LogP contribution in [-0.4, -0.2) is 36.2 Å². The summed E-state index contributed by atoms with van der Waals surface area (Å²) in [6.45, 7) is 4.87. The number of esters is 2. The largest absolute Gasteiger partial charge is 0.478 e. The zero-order chi connectivity index (χ0) is 22.9. The van der Waals surface area contributed by atoms with Crippen LogP contribution in [0.4, 0.5) is 0 Å². The van der Waals surface area contributed by atoms with Gasteiger partial charge < -0.3 is 14.6 Å². The molecule has 31 heavy (non-hydrogen) atoms. The van der Waals surface area contributed by atoms with Gasteiger partial charge in [0.05, 0.1) is 29.9 Å². The van der Waals surface area contributed by atoms with Crippen molar-refractivity contribution >= 4 is 17.9 Å². The van der Waals surface area contributed by atoms with E-state index in [-0.39, 0.29) is 23.3 Å². The van der Waals surface area contributed by atoms with Gasteiger partial charge in [0.2, 0.25) is 0 Å².